The topological polar surface area (TPSA) is 103 Å². The van der Waals surface area contributed by atoms with E-state index in [1.54, 1.807) is 57.2 Å². The van der Waals surface area contributed by atoms with Crippen molar-refractivity contribution in [2.75, 3.05) is 18.5 Å². The van der Waals surface area contributed by atoms with Crippen LogP contribution in [0.1, 0.15) is 51.3 Å². The largest absolute Gasteiger partial charge is 0.460 e. The molecule has 2 amide bonds. The first kappa shape index (κ1) is 31.1. The average molecular weight is 537 g/mol. The highest BCUT2D eigenvalue weighted by Gasteiger charge is 2.22. The lowest BCUT2D eigenvalue weighted by atomic mass is 9.97. The van der Waals surface area contributed by atoms with Gasteiger partial charge in [0, 0.05) is 12.2 Å². The van der Waals surface area contributed by atoms with E-state index in [2.05, 4.69) is 43.2 Å². The number of ether oxygens (including phenoxy) is 3. The maximum absolute atomic E-state index is 12.1. The minimum atomic E-state index is -0.629. The van der Waals surface area contributed by atoms with Gasteiger partial charge < -0.3 is 19.5 Å². The lowest BCUT2D eigenvalue weighted by Crippen LogP contribution is -2.24. The van der Waals surface area contributed by atoms with Crippen molar-refractivity contribution in [2.45, 2.75) is 54.3 Å². The van der Waals surface area contributed by atoms with E-state index in [9.17, 15) is 14.4 Å². The predicted molar refractivity (Wildman–Crippen MR) is 152 cm³/mol. The van der Waals surface area contributed by atoms with Gasteiger partial charge in [-0.3, -0.25) is 10.1 Å². The highest BCUT2D eigenvalue weighted by Crippen LogP contribution is 2.17. The maximum atomic E-state index is 12.1. The Balaban J connectivity index is 1.61. The number of rotatable bonds is 12. The van der Waals surface area contributed by atoms with Crippen LogP contribution in [0.5, 0.6) is 0 Å². The van der Waals surface area contributed by atoms with Crippen molar-refractivity contribution in [1.29, 1.82) is 0 Å². The molecule has 39 heavy (non-hydrogen) atoms. The Morgan fingerprint density at radius 3 is 2.00 bits per heavy atom. The number of benzene rings is 2. The quantitative estimate of drug-likeness (QED) is 0.181. The molecule has 0 bridgehead atoms. The fraction of sp³-hybridized carbons (Fsp3) is 0.387. The molecule has 0 radical (unpaired) electrons. The smallest absolute Gasteiger partial charge is 0.411 e. The first-order chi connectivity index (χ1) is 18.4. The third-order valence-corrected chi connectivity index (χ3v) is 5.33. The molecule has 0 aliphatic carbocycles. The predicted octanol–water partition coefficient (Wildman–Crippen LogP) is 6.56. The summed E-state index contributed by atoms with van der Waals surface area (Å²) in [6.07, 6.45) is 3.22. The van der Waals surface area contributed by atoms with Crippen LogP contribution in [0.2, 0.25) is 0 Å². The molecule has 8 nitrogen and oxygen atoms in total. The minimum Gasteiger partial charge on any atom is -0.460 e. The fourth-order valence-electron chi connectivity index (χ4n) is 3.22. The normalized spacial score (nSPS) is 11.2. The molecule has 0 saturated carbocycles. The van der Waals surface area contributed by atoms with Gasteiger partial charge in [0.2, 0.25) is 0 Å². The van der Waals surface area contributed by atoms with Crippen LogP contribution in [0, 0.1) is 11.3 Å². The summed E-state index contributed by atoms with van der Waals surface area (Å²) in [7, 11) is 0. The number of esters is 1. The summed E-state index contributed by atoms with van der Waals surface area (Å²) in [5.41, 5.74) is 3.52. The molecule has 210 valence electrons. The first-order valence-electron chi connectivity index (χ1n) is 12.9. The second-order valence-corrected chi connectivity index (χ2v) is 10.7. The number of anilines is 1. The number of carbonyl (C=O) groups is 3. The van der Waals surface area contributed by atoms with Gasteiger partial charge >= 0.3 is 18.2 Å². The van der Waals surface area contributed by atoms with Crippen molar-refractivity contribution >= 4 is 23.8 Å². The summed E-state index contributed by atoms with van der Waals surface area (Å²) in [4.78, 5) is 35.8. The van der Waals surface area contributed by atoms with E-state index >= 15 is 0 Å². The van der Waals surface area contributed by atoms with E-state index in [0.717, 1.165) is 17.5 Å². The zero-order chi connectivity index (χ0) is 28.8. The van der Waals surface area contributed by atoms with E-state index in [0.29, 0.717) is 17.2 Å². The number of amides is 2. The highest BCUT2D eigenvalue weighted by atomic mass is 16.6. The summed E-state index contributed by atoms with van der Waals surface area (Å²) in [6.45, 7) is 14.2. The molecule has 2 rings (SSSR count). The molecule has 8 heteroatoms. The molecule has 0 aliphatic heterocycles. The minimum absolute atomic E-state index is 0.0135. The maximum Gasteiger partial charge on any atom is 0.411 e. The number of nitrogens with one attached hydrogen (secondary N) is 2. The monoisotopic (exact) mass is 536 g/mol. The molecule has 2 aromatic carbocycles. The van der Waals surface area contributed by atoms with E-state index in [4.69, 9.17) is 14.2 Å². The Kier molecular flexibility index (Phi) is 12.3. The zero-order valence-electron chi connectivity index (χ0n) is 23.5. The Hall–Kier alpha value is -4.07. The Labute approximate surface area is 231 Å². The van der Waals surface area contributed by atoms with Crippen LogP contribution in [0.15, 0.2) is 72.8 Å². The average Bonchev–Trinajstić information content (AvgIpc) is 2.88. The first-order valence-corrected chi connectivity index (χ1v) is 12.9. The zero-order valence-corrected chi connectivity index (χ0v) is 23.5. The van der Waals surface area contributed by atoms with Crippen molar-refractivity contribution in [3.8, 4) is 0 Å². The van der Waals surface area contributed by atoms with Crippen molar-refractivity contribution in [3.05, 3.63) is 89.5 Å². The van der Waals surface area contributed by atoms with Crippen LogP contribution in [-0.4, -0.2) is 31.3 Å². The van der Waals surface area contributed by atoms with E-state index < -0.39 is 17.6 Å². The standard InChI is InChI=1S/C31H40N2O6/c1-22(2)18-24-9-11-25(12-10-24)21-39-29(35)32-17-7-8-23(3)19-38-30(36)33-27-15-13-26(14-16-27)20-37-28(34)31(4,5)6/h7-16,22H,3,17-21H2,1-2,4-6H3,(H,32,35)(H,33,36)/b8-7-. The van der Waals surface area contributed by atoms with Crippen molar-refractivity contribution < 1.29 is 28.6 Å². The lowest BCUT2D eigenvalue weighted by Gasteiger charge is -2.16. The van der Waals surface area contributed by atoms with E-state index in [-0.39, 0.29) is 32.3 Å². The third kappa shape index (κ3) is 12.8. The van der Waals surface area contributed by atoms with Gasteiger partial charge in [-0.2, -0.15) is 0 Å². The van der Waals surface area contributed by atoms with Gasteiger partial charge in [-0.05, 0) is 67.5 Å². The molecule has 2 aromatic rings. The van der Waals surface area contributed by atoms with Gasteiger partial charge in [0.15, 0.2) is 0 Å². The molecule has 2 N–H and O–H groups in total. The number of hydrogen-bond acceptors (Lipinski definition) is 6. The van der Waals surface area contributed by atoms with Gasteiger partial charge in [-0.15, -0.1) is 0 Å². The number of hydrogen-bond donors (Lipinski definition) is 2. The molecule has 0 heterocycles. The van der Waals surface area contributed by atoms with Gasteiger partial charge in [0.25, 0.3) is 0 Å². The van der Waals surface area contributed by atoms with Crippen molar-refractivity contribution in [2.24, 2.45) is 11.3 Å². The Bertz CT molecular complexity index is 1130. The summed E-state index contributed by atoms with van der Waals surface area (Å²) in [5.74, 6) is 0.311. The van der Waals surface area contributed by atoms with Crippen LogP contribution >= 0.6 is 0 Å². The van der Waals surface area contributed by atoms with Gasteiger partial charge in [0.1, 0.15) is 19.8 Å². The van der Waals surface area contributed by atoms with Crippen LogP contribution in [0.3, 0.4) is 0 Å². The molecule has 0 saturated heterocycles. The lowest BCUT2D eigenvalue weighted by molar-refractivity contribution is -0.154. The molecule has 0 unspecified atom stereocenters. The van der Waals surface area contributed by atoms with E-state index in [1.807, 2.05) is 12.1 Å². The van der Waals surface area contributed by atoms with Gasteiger partial charge in [0.05, 0.1) is 5.41 Å². The molecule has 0 fully saturated rings. The van der Waals surface area contributed by atoms with Crippen LogP contribution in [0.25, 0.3) is 0 Å². The molecular weight excluding hydrogens is 496 g/mol. The molecule has 0 aromatic heterocycles. The number of carbonyl (C=O) groups excluding carboxylic acids is 3. The Morgan fingerprint density at radius 1 is 0.846 bits per heavy atom. The van der Waals surface area contributed by atoms with Crippen LogP contribution in [0.4, 0.5) is 15.3 Å². The van der Waals surface area contributed by atoms with Crippen LogP contribution in [-0.2, 0) is 38.6 Å². The summed E-state index contributed by atoms with van der Waals surface area (Å²) < 4.78 is 15.7. The van der Waals surface area contributed by atoms with Crippen molar-refractivity contribution in [1.82, 2.24) is 5.32 Å². The van der Waals surface area contributed by atoms with E-state index in [1.165, 1.54) is 5.56 Å². The highest BCUT2D eigenvalue weighted by molar-refractivity contribution is 5.84. The summed E-state index contributed by atoms with van der Waals surface area (Å²) in [5, 5.41) is 5.26. The second kappa shape index (κ2) is 15.4. The summed E-state index contributed by atoms with van der Waals surface area (Å²) >= 11 is 0. The Morgan fingerprint density at radius 2 is 1.41 bits per heavy atom. The van der Waals surface area contributed by atoms with Gasteiger partial charge in [-0.25, -0.2) is 9.59 Å². The SMILES string of the molecule is C=C(/C=C\CNC(=O)OCc1ccc(CC(C)C)cc1)COC(=O)Nc1ccc(COC(=O)C(C)(C)C)cc1. The number of alkyl carbamates (subject to hydrolysis) is 1. The molecule has 0 spiro atoms. The summed E-state index contributed by atoms with van der Waals surface area (Å²) in [6, 6.07) is 15.0. The fourth-order valence-corrected chi connectivity index (χ4v) is 3.22. The molecule has 0 aliphatic rings. The van der Waals surface area contributed by atoms with Crippen LogP contribution < -0.4 is 10.6 Å². The van der Waals surface area contributed by atoms with Crippen molar-refractivity contribution in [3.63, 3.8) is 0 Å². The van der Waals surface area contributed by atoms with Gasteiger partial charge in [-0.1, -0.05) is 69.0 Å². The molecular formula is C31H40N2O6. The second-order valence-electron chi connectivity index (χ2n) is 10.7. The molecule has 0 atom stereocenters. The third-order valence-electron chi connectivity index (χ3n) is 5.33.